The summed E-state index contributed by atoms with van der Waals surface area (Å²) in [6.07, 6.45) is 3.21. The maximum absolute atomic E-state index is 13.3. The van der Waals surface area contributed by atoms with Crippen LogP contribution in [0.1, 0.15) is 36.8 Å². The molecule has 0 bridgehead atoms. The van der Waals surface area contributed by atoms with Gasteiger partial charge in [0.15, 0.2) is 0 Å². The van der Waals surface area contributed by atoms with Crippen LogP contribution in [0.5, 0.6) is 0 Å². The number of carbonyl (C=O) groups is 1. The van der Waals surface area contributed by atoms with Gasteiger partial charge in [0.1, 0.15) is 5.69 Å². The number of sulfonamides is 1. The molecule has 3 N–H and O–H groups in total. The summed E-state index contributed by atoms with van der Waals surface area (Å²) in [5.41, 5.74) is 4.59. The first-order valence-corrected chi connectivity index (χ1v) is 13.7. The van der Waals surface area contributed by atoms with E-state index in [0.29, 0.717) is 28.1 Å². The van der Waals surface area contributed by atoms with E-state index in [1.54, 1.807) is 54.9 Å². The Kier molecular flexibility index (Phi) is 6.50. The second kappa shape index (κ2) is 9.79. The average Bonchev–Trinajstić information content (AvgIpc) is 3.28. The molecule has 0 aliphatic rings. The van der Waals surface area contributed by atoms with Crippen molar-refractivity contribution >= 4 is 38.2 Å². The van der Waals surface area contributed by atoms with Gasteiger partial charge in [0.2, 0.25) is 0 Å². The Morgan fingerprint density at radius 2 is 1.53 bits per heavy atom. The van der Waals surface area contributed by atoms with Crippen LogP contribution in [0.15, 0.2) is 102 Å². The summed E-state index contributed by atoms with van der Waals surface area (Å²) in [5.74, 6) is -0.313. The van der Waals surface area contributed by atoms with E-state index in [-0.39, 0.29) is 16.2 Å². The second-order valence-electron chi connectivity index (χ2n) is 10.1. The number of amides is 1. The van der Waals surface area contributed by atoms with Crippen molar-refractivity contribution in [3.05, 3.63) is 109 Å². The molecule has 3 aromatic carbocycles. The molecular formula is C30H28N4O3S. The van der Waals surface area contributed by atoms with Crippen LogP contribution < -0.4 is 10.0 Å². The van der Waals surface area contributed by atoms with Crippen molar-refractivity contribution in [2.24, 2.45) is 0 Å². The molecule has 0 fully saturated rings. The Morgan fingerprint density at radius 1 is 0.842 bits per heavy atom. The van der Waals surface area contributed by atoms with E-state index in [9.17, 15) is 13.2 Å². The number of anilines is 2. The SMILES string of the molecule is CC(C)(C)c1ccc(S(=O)(=O)Nc2ccc3[nH]c(C(=O)Nc4ccncc4)c(-c4ccccc4)c3c2)cc1. The molecule has 0 aliphatic heterocycles. The predicted molar refractivity (Wildman–Crippen MR) is 152 cm³/mol. The van der Waals surface area contributed by atoms with Gasteiger partial charge in [-0.25, -0.2) is 8.42 Å². The fraction of sp³-hybridized carbons (Fsp3) is 0.133. The van der Waals surface area contributed by atoms with Gasteiger partial charge in [-0.3, -0.25) is 14.5 Å². The Bertz CT molecular complexity index is 1710. The third-order valence-corrected chi connectivity index (χ3v) is 7.71. The highest BCUT2D eigenvalue weighted by Gasteiger charge is 2.22. The summed E-state index contributed by atoms with van der Waals surface area (Å²) >= 11 is 0. The highest BCUT2D eigenvalue weighted by molar-refractivity contribution is 7.92. The van der Waals surface area contributed by atoms with E-state index in [1.807, 2.05) is 42.5 Å². The molecule has 0 spiro atoms. The standard InChI is InChI=1S/C30H28N4O3S/c1-30(2,3)21-9-12-24(13-10-21)38(36,37)34-23-11-14-26-25(19-23)27(20-7-5-4-6-8-20)28(33-26)29(35)32-22-15-17-31-18-16-22/h4-19,33-34H,1-3H3,(H,31,32,35). The first-order chi connectivity index (χ1) is 18.1. The van der Waals surface area contributed by atoms with Crippen LogP contribution in [0.2, 0.25) is 0 Å². The third kappa shape index (κ3) is 5.17. The molecule has 0 aliphatic carbocycles. The molecule has 8 heteroatoms. The van der Waals surface area contributed by atoms with E-state index < -0.39 is 10.0 Å². The van der Waals surface area contributed by atoms with Crippen LogP contribution >= 0.6 is 0 Å². The van der Waals surface area contributed by atoms with Gasteiger partial charge in [-0.1, -0.05) is 63.2 Å². The minimum absolute atomic E-state index is 0.0791. The van der Waals surface area contributed by atoms with Gasteiger partial charge in [0, 0.05) is 40.2 Å². The average molecular weight is 525 g/mol. The molecule has 2 heterocycles. The Balaban J connectivity index is 1.53. The number of carbonyl (C=O) groups excluding carboxylic acids is 1. The van der Waals surface area contributed by atoms with Gasteiger partial charge < -0.3 is 10.3 Å². The molecule has 0 saturated heterocycles. The first-order valence-electron chi connectivity index (χ1n) is 12.2. The number of pyridine rings is 1. The van der Waals surface area contributed by atoms with Crippen molar-refractivity contribution < 1.29 is 13.2 Å². The number of hydrogen-bond acceptors (Lipinski definition) is 4. The van der Waals surface area contributed by atoms with Gasteiger partial charge in [0.25, 0.3) is 15.9 Å². The minimum Gasteiger partial charge on any atom is -0.350 e. The lowest BCUT2D eigenvalue weighted by Gasteiger charge is -2.19. The molecule has 0 radical (unpaired) electrons. The molecule has 38 heavy (non-hydrogen) atoms. The van der Waals surface area contributed by atoms with Crippen LogP contribution in [0.4, 0.5) is 11.4 Å². The van der Waals surface area contributed by atoms with Gasteiger partial charge in [0.05, 0.1) is 4.90 Å². The van der Waals surface area contributed by atoms with E-state index in [0.717, 1.165) is 16.5 Å². The van der Waals surface area contributed by atoms with Crippen LogP contribution in [0.25, 0.3) is 22.0 Å². The Hall–Kier alpha value is -4.43. The molecule has 2 aromatic heterocycles. The molecule has 1 amide bonds. The van der Waals surface area contributed by atoms with E-state index >= 15 is 0 Å². The molecule has 7 nitrogen and oxygen atoms in total. The Labute approximate surface area is 222 Å². The number of fused-ring (bicyclic) bond motifs is 1. The number of rotatable bonds is 6. The van der Waals surface area contributed by atoms with Gasteiger partial charge in [-0.05, 0) is 59.0 Å². The number of nitrogens with zero attached hydrogens (tertiary/aromatic N) is 1. The van der Waals surface area contributed by atoms with Gasteiger partial charge in [-0.15, -0.1) is 0 Å². The maximum Gasteiger partial charge on any atom is 0.272 e. The second-order valence-corrected chi connectivity index (χ2v) is 11.8. The van der Waals surface area contributed by atoms with Crippen molar-refractivity contribution in [1.29, 1.82) is 0 Å². The van der Waals surface area contributed by atoms with Crippen molar-refractivity contribution in [3.8, 4) is 11.1 Å². The van der Waals surface area contributed by atoms with Crippen molar-refractivity contribution in [3.63, 3.8) is 0 Å². The zero-order valence-corrected chi connectivity index (χ0v) is 22.1. The number of benzene rings is 3. The maximum atomic E-state index is 13.3. The van der Waals surface area contributed by atoms with E-state index in [2.05, 4.69) is 40.8 Å². The largest absolute Gasteiger partial charge is 0.350 e. The van der Waals surface area contributed by atoms with E-state index in [4.69, 9.17) is 0 Å². The molecular weight excluding hydrogens is 496 g/mol. The van der Waals surface area contributed by atoms with Gasteiger partial charge in [-0.2, -0.15) is 0 Å². The topological polar surface area (TPSA) is 104 Å². The van der Waals surface area contributed by atoms with Crippen molar-refractivity contribution in [2.45, 2.75) is 31.1 Å². The molecule has 5 rings (SSSR count). The number of H-pyrrole nitrogens is 1. The lowest BCUT2D eigenvalue weighted by molar-refractivity contribution is 0.102. The van der Waals surface area contributed by atoms with Crippen LogP contribution in [0.3, 0.4) is 0 Å². The highest BCUT2D eigenvalue weighted by atomic mass is 32.2. The molecule has 0 unspecified atom stereocenters. The normalized spacial score (nSPS) is 11.9. The van der Waals surface area contributed by atoms with Gasteiger partial charge >= 0.3 is 0 Å². The fourth-order valence-corrected chi connectivity index (χ4v) is 5.36. The van der Waals surface area contributed by atoms with E-state index in [1.165, 1.54) is 0 Å². The number of aromatic nitrogens is 2. The Morgan fingerprint density at radius 3 is 2.18 bits per heavy atom. The summed E-state index contributed by atoms with van der Waals surface area (Å²) < 4.78 is 29.1. The van der Waals surface area contributed by atoms with Crippen LogP contribution in [0, 0.1) is 0 Å². The zero-order chi connectivity index (χ0) is 26.9. The predicted octanol–water partition coefficient (Wildman–Crippen LogP) is 6.58. The first kappa shape index (κ1) is 25.2. The number of aromatic amines is 1. The summed E-state index contributed by atoms with van der Waals surface area (Å²) in [6, 6.07) is 25.1. The van der Waals surface area contributed by atoms with Crippen molar-refractivity contribution in [1.82, 2.24) is 9.97 Å². The lowest BCUT2D eigenvalue weighted by atomic mass is 9.87. The highest BCUT2D eigenvalue weighted by Crippen LogP contribution is 2.35. The summed E-state index contributed by atoms with van der Waals surface area (Å²) in [7, 11) is -3.82. The smallest absolute Gasteiger partial charge is 0.272 e. The molecule has 5 aromatic rings. The third-order valence-electron chi connectivity index (χ3n) is 6.31. The summed E-state index contributed by atoms with van der Waals surface area (Å²) in [6.45, 7) is 6.24. The monoisotopic (exact) mass is 524 g/mol. The van der Waals surface area contributed by atoms with Crippen molar-refractivity contribution in [2.75, 3.05) is 10.0 Å². The van der Waals surface area contributed by atoms with Crippen LogP contribution in [-0.4, -0.2) is 24.3 Å². The number of nitrogens with one attached hydrogen (secondary N) is 3. The fourth-order valence-electron chi connectivity index (χ4n) is 4.31. The number of hydrogen-bond donors (Lipinski definition) is 3. The summed E-state index contributed by atoms with van der Waals surface area (Å²) in [4.78, 5) is 20.7. The lowest BCUT2D eigenvalue weighted by Crippen LogP contribution is -2.14. The molecule has 0 atom stereocenters. The minimum atomic E-state index is -3.82. The zero-order valence-electron chi connectivity index (χ0n) is 21.3. The summed E-state index contributed by atoms with van der Waals surface area (Å²) in [5, 5.41) is 3.62. The van der Waals surface area contributed by atoms with Crippen LogP contribution in [-0.2, 0) is 15.4 Å². The molecule has 192 valence electrons. The quantitative estimate of drug-likeness (QED) is 0.233. The molecule has 0 saturated carbocycles.